The quantitative estimate of drug-likeness (QED) is 0.821. The maximum atomic E-state index is 11.4. The van der Waals surface area contributed by atoms with Crippen molar-refractivity contribution in [3.8, 4) is 0 Å². The Labute approximate surface area is 89.2 Å². The fraction of sp³-hybridized carbons (Fsp3) is 0.500. The highest BCUT2D eigenvalue weighted by molar-refractivity contribution is 5.85. The smallest absolute Gasteiger partial charge is 0.316 e. The third kappa shape index (κ3) is 1.42. The van der Waals surface area contributed by atoms with Crippen molar-refractivity contribution >= 4 is 5.97 Å². The van der Waals surface area contributed by atoms with Crippen molar-refractivity contribution in [1.82, 2.24) is 4.98 Å². The first-order valence-electron chi connectivity index (χ1n) is 5.24. The minimum absolute atomic E-state index is 0.227. The molecule has 2 rings (SSSR count). The number of hydrogen-bond acceptors (Lipinski definition) is 2. The molecule has 0 bridgehead atoms. The Hall–Kier alpha value is -1.38. The lowest BCUT2D eigenvalue weighted by Gasteiger charge is -2.13. The lowest BCUT2D eigenvalue weighted by atomic mass is 9.93. The highest BCUT2D eigenvalue weighted by atomic mass is 16.4. The van der Waals surface area contributed by atoms with Crippen LogP contribution in [0.3, 0.4) is 0 Å². The van der Waals surface area contributed by atoms with Gasteiger partial charge in [0.25, 0.3) is 0 Å². The zero-order valence-corrected chi connectivity index (χ0v) is 8.97. The zero-order valence-electron chi connectivity index (χ0n) is 8.97. The van der Waals surface area contributed by atoms with Gasteiger partial charge in [0.2, 0.25) is 0 Å². The van der Waals surface area contributed by atoms with Crippen molar-refractivity contribution < 1.29 is 9.90 Å². The van der Waals surface area contributed by atoms with Crippen molar-refractivity contribution in [1.29, 1.82) is 0 Å². The van der Waals surface area contributed by atoms with E-state index in [1.54, 1.807) is 6.20 Å². The van der Waals surface area contributed by atoms with Gasteiger partial charge in [-0.2, -0.15) is 0 Å². The molecule has 2 atom stereocenters. The van der Waals surface area contributed by atoms with Crippen LogP contribution >= 0.6 is 0 Å². The molecule has 0 aliphatic heterocycles. The summed E-state index contributed by atoms with van der Waals surface area (Å²) in [6.45, 7) is 4.14. The first kappa shape index (κ1) is 10.1. The Balaban J connectivity index is 2.36. The van der Waals surface area contributed by atoms with Crippen LogP contribution in [0.4, 0.5) is 0 Å². The molecule has 0 spiro atoms. The van der Waals surface area contributed by atoms with E-state index in [4.69, 9.17) is 0 Å². The monoisotopic (exact) mass is 205 g/mol. The Kier molecular flexibility index (Phi) is 2.25. The molecular weight excluding hydrogens is 190 g/mol. The number of carbonyl (C=O) groups is 1. The second-order valence-corrected chi connectivity index (χ2v) is 4.55. The topological polar surface area (TPSA) is 50.2 Å². The van der Waals surface area contributed by atoms with E-state index in [0.717, 1.165) is 6.42 Å². The van der Waals surface area contributed by atoms with Crippen molar-refractivity contribution in [2.45, 2.75) is 25.7 Å². The number of carboxylic acids is 1. The van der Waals surface area contributed by atoms with Crippen LogP contribution in [0.5, 0.6) is 0 Å². The van der Waals surface area contributed by atoms with E-state index in [-0.39, 0.29) is 5.92 Å². The number of aliphatic carboxylic acids is 1. The predicted molar refractivity (Wildman–Crippen MR) is 56.5 cm³/mol. The largest absolute Gasteiger partial charge is 0.481 e. The van der Waals surface area contributed by atoms with E-state index in [9.17, 15) is 9.90 Å². The molecule has 1 heterocycles. The SMILES string of the molecule is CC(C)C1CC1(C(=O)O)c1ccccn1. The maximum absolute atomic E-state index is 11.4. The Morgan fingerprint density at radius 1 is 1.60 bits per heavy atom. The summed E-state index contributed by atoms with van der Waals surface area (Å²) in [5.74, 6) is -0.118. The van der Waals surface area contributed by atoms with Gasteiger partial charge in [-0.25, -0.2) is 0 Å². The normalized spacial score (nSPS) is 29.1. The fourth-order valence-corrected chi connectivity index (χ4v) is 2.37. The molecule has 1 aromatic heterocycles. The Morgan fingerprint density at radius 2 is 2.33 bits per heavy atom. The van der Waals surface area contributed by atoms with E-state index in [1.807, 2.05) is 18.2 Å². The minimum Gasteiger partial charge on any atom is -0.481 e. The second-order valence-electron chi connectivity index (χ2n) is 4.55. The van der Waals surface area contributed by atoms with Crippen LogP contribution in [-0.4, -0.2) is 16.1 Å². The first-order valence-corrected chi connectivity index (χ1v) is 5.24. The van der Waals surface area contributed by atoms with Crippen LogP contribution in [-0.2, 0) is 10.2 Å². The molecule has 0 amide bonds. The summed E-state index contributed by atoms with van der Waals surface area (Å²) in [6.07, 6.45) is 2.38. The molecule has 1 N–H and O–H groups in total. The van der Waals surface area contributed by atoms with Gasteiger partial charge in [0.1, 0.15) is 5.41 Å². The van der Waals surface area contributed by atoms with E-state index < -0.39 is 11.4 Å². The molecule has 1 aliphatic rings. The fourth-order valence-electron chi connectivity index (χ4n) is 2.37. The molecule has 2 unspecified atom stereocenters. The molecule has 0 saturated heterocycles. The lowest BCUT2D eigenvalue weighted by molar-refractivity contribution is -0.140. The molecule has 1 fully saturated rings. The van der Waals surface area contributed by atoms with Gasteiger partial charge < -0.3 is 5.11 Å². The molecule has 3 nitrogen and oxygen atoms in total. The molecule has 1 aromatic rings. The molecule has 1 aliphatic carbocycles. The van der Waals surface area contributed by atoms with Crippen molar-refractivity contribution in [2.75, 3.05) is 0 Å². The average Bonchev–Trinajstić information content (AvgIpc) is 2.95. The van der Waals surface area contributed by atoms with Gasteiger partial charge >= 0.3 is 5.97 Å². The number of nitrogens with zero attached hydrogens (tertiary/aromatic N) is 1. The van der Waals surface area contributed by atoms with Crippen LogP contribution in [0.2, 0.25) is 0 Å². The van der Waals surface area contributed by atoms with Gasteiger partial charge in [-0.15, -0.1) is 0 Å². The number of pyridine rings is 1. The van der Waals surface area contributed by atoms with E-state index >= 15 is 0 Å². The molecule has 0 aromatic carbocycles. The highest BCUT2D eigenvalue weighted by Gasteiger charge is 2.63. The van der Waals surface area contributed by atoms with Crippen LogP contribution in [0, 0.1) is 11.8 Å². The Bertz CT molecular complexity index is 374. The van der Waals surface area contributed by atoms with Crippen LogP contribution in [0.15, 0.2) is 24.4 Å². The van der Waals surface area contributed by atoms with E-state index in [1.165, 1.54) is 0 Å². The molecule has 3 heteroatoms. The van der Waals surface area contributed by atoms with Gasteiger partial charge in [-0.3, -0.25) is 9.78 Å². The molecule has 15 heavy (non-hydrogen) atoms. The van der Waals surface area contributed by atoms with Crippen molar-refractivity contribution in [3.63, 3.8) is 0 Å². The molecule has 80 valence electrons. The van der Waals surface area contributed by atoms with Gasteiger partial charge in [-0.05, 0) is 30.4 Å². The predicted octanol–water partition coefficient (Wildman–Crippen LogP) is 2.08. The summed E-state index contributed by atoms with van der Waals surface area (Å²) in [7, 11) is 0. The highest BCUT2D eigenvalue weighted by Crippen LogP contribution is 2.57. The molecule has 0 radical (unpaired) electrons. The number of hydrogen-bond donors (Lipinski definition) is 1. The van der Waals surface area contributed by atoms with Crippen LogP contribution < -0.4 is 0 Å². The Morgan fingerprint density at radius 3 is 2.73 bits per heavy atom. The molecule has 1 saturated carbocycles. The third-order valence-corrected chi connectivity index (χ3v) is 3.32. The summed E-state index contributed by atoms with van der Waals surface area (Å²) in [5, 5.41) is 9.34. The van der Waals surface area contributed by atoms with Gasteiger partial charge in [0.15, 0.2) is 0 Å². The first-order chi connectivity index (χ1) is 7.09. The van der Waals surface area contributed by atoms with Crippen LogP contribution in [0.25, 0.3) is 0 Å². The van der Waals surface area contributed by atoms with Gasteiger partial charge in [0.05, 0.1) is 5.69 Å². The lowest BCUT2D eigenvalue weighted by Crippen LogP contribution is -2.25. The second kappa shape index (κ2) is 3.33. The van der Waals surface area contributed by atoms with Gasteiger partial charge in [-0.1, -0.05) is 19.9 Å². The van der Waals surface area contributed by atoms with Crippen molar-refractivity contribution in [2.24, 2.45) is 11.8 Å². The van der Waals surface area contributed by atoms with E-state index in [0.29, 0.717) is 11.6 Å². The number of rotatable bonds is 3. The summed E-state index contributed by atoms with van der Waals surface area (Å²) < 4.78 is 0. The summed E-state index contributed by atoms with van der Waals surface area (Å²) >= 11 is 0. The van der Waals surface area contributed by atoms with Crippen molar-refractivity contribution in [3.05, 3.63) is 30.1 Å². The summed E-state index contributed by atoms with van der Waals surface area (Å²) in [5.41, 5.74) is -0.00806. The van der Waals surface area contributed by atoms with E-state index in [2.05, 4.69) is 18.8 Å². The average molecular weight is 205 g/mol. The third-order valence-electron chi connectivity index (χ3n) is 3.32. The maximum Gasteiger partial charge on any atom is 0.316 e. The van der Waals surface area contributed by atoms with Gasteiger partial charge in [0, 0.05) is 6.20 Å². The summed E-state index contributed by atoms with van der Waals surface area (Å²) in [6, 6.07) is 5.48. The number of aromatic nitrogens is 1. The standard InChI is InChI=1S/C12H15NO2/c1-8(2)9-7-12(9,11(14)15)10-5-3-4-6-13-10/h3-6,8-9H,7H2,1-2H3,(H,14,15). The number of carboxylic acid groups (broad SMARTS) is 1. The van der Waals surface area contributed by atoms with Crippen LogP contribution in [0.1, 0.15) is 26.0 Å². The minimum atomic E-state index is -0.736. The summed E-state index contributed by atoms with van der Waals surface area (Å²) in [4.78, 5) is 15.5. The zero-order chi connectivity index (χ0) is 11.1. The molecular formula is C12H15NO2.